The predicted octanol–water partition coefficient (Wildman–Crippen LogP) is 1.84. The van der Waals surface area contributed by atoms with Crippen molar-refractivity contribution < 1.29 is 14.6 Å². The molecule has 0 saturated carbocycles. The van der Waals surface area contributed by atoms with Crippen LogP contribution in [-0.4, -0.2) is 31.3 Å². The number of benzene rings is 1. The van der Waals surface area contributed by atoms with E-state index in [9.17, 15) is 4.79 Å². The van der Waals surface area contributed by atoms with Crippen LogP contribution in [0.3, 0.4) is 0 Å². The van der Waals surface area contributed by atoms with Gasteiger partial charge in [0, 0.05) is 24.8 Å². The van der Waals surface area contributed by atoms with Crippen molar-refractivity contribution in [2.45, 2.75) is 13.8 Å². The zero-order valence-electron chi connectivity index (χ0n) is 11.6. The van der Waals surface area contributed by atoms with E-state index in [2.05, 4.69) is 5.32 Å². The first-order valence-electron chi connectivity index (χ1n) is 6.28. The Morgan fingerprint density at radius 3 is 2.79 bits per heavy atom. The minimum absolute atomic E-state index is 0.0592. The summed E-state index contributed by atoms with van der Waals surface area (Å²) in [7, 11) is 1.61. The first kappa shape index (κ1) is 15.2. The maximum Gasteiger partial charge on any atom is 0.244 e. The number of carbonyl (C=O) groups is 1. The summed E-state index contributed by atoms with van der Waals surface area (Å²) in [5.74, 6) is 0.639. The number of methoxy groups -OCH3 is 1. The monoisotopic (exact) mass is 263 g/mol. The van der Waals surface area contributed by atoms with Crippen molar-refractivity contribution >= 4 is 11.5 Å². The summed E-state index contributed by atoms with van der Waals surface area (Å²) in [5, 5.41) is 11.6. The maximum absolute atomic E-state index is 11.7. The molecule has 2 N–H and O–H groups in total. The molecule has 0 spiro atoms. The molecule has 4 heteroatoms. The number of carbonyl (C=O) groups excluding carboxylic acids is 1. The smallest absolute Gasteiger partial charge is 0.244 e. The molecule has 0 saturated heterocycles. The second-order valence-electron chi connectivity index (χ2n) is 4.56. The highest BCUT2D eigenvalue weighted by Crippen LogP contribution is 2.24. The lowest BCUT2D eigenvalue weighted by atomic mass is 10.1. The van der Waals surface area contributed by atoms with Gasteiger partial charge in [-0.25, -0.2) is 0 Å². The summed E-state index contributed by atoms with van der Waals surface area (Å²) in [6, 6.07) is 7.56. The van der Waals surface area contributed by atoms with E-state index < -0.39 is 0 Å². The van der Waals surface area contributed by atoms with Crippen molar-refractivity contribution in [2.24, 2.45) is 5.92 Å². The normalized spacial score (nSPS) is 12.9. The highest BCUT2D eigenvalue weighted by Gasteiger charge is 2.06. The molecule has 0 bridgehead atoms. The van der Waals surface area contributed by atoms with Gasteiger partial charge in [-0.2, -0.15) is 0 Å². The number of hydrogen-bond donors (Lipinski definition) is 2. The second kappa shape index (κ2) is 7.59. The van der Waals surface area contributed by atoms with Crippen LogP contribution in [0.4, 0.5) is 0 Å². The molecule has 1 atom stereocenters. The lowest BCUT2D eigenvalue weighted by Crippen LogP contribution is -2.28. The van der Waals surface area contributed by atoms with Crippen LogP contribution >= 0.6 is 0 Å². The van der Waals surface area contributed by atoms with Crippen molar-refractivity contribution in [3.63, 3.8) is 0 Å². The molecule has 4 nitrogen and oxygen atoms in total. The molecule has 1 aromatic carbocycles. The Morgan fingerprint density at radius 1 is 1.47 bits per heavy atom. The third kappa shape index (κ3) is 4.75. The highest BCUT2D eigenvalue weighted by molar-refractivity contribution is 5.95. The SMILES string of the molecule is COc1ccccc1/C(C)=C/C(=O)NCC(C)CO. The van der Waals surface area contributed by atoms with Crippen LogP contribution in [0.2, 0.25) is 0 Å². The van der Waals surface area contributed by atoms with Crippen molar-refractivity contribution in [2.75, 3.05) is 20.3 Å². The fourth-order valence-electron chi connectivity index (χ4n) is 1.64. The van der Waals surface area contributed by atoms with Gasteiger partial charge in [-0.05, 0) is 24.5 Å². The van der Waals surface area contributed by atoms with Crippen molar-refractivity contribution in [1.29, 1.82) is 0 Å². The van der Waals surface area contributed by atoms with Gasteiger partial charge in [-0.15, -0.1) is 0 Å². The molecular formula is C15H21NO3. The molecule has 0 fully saturated rings. The van der Waals surface area contributed by atoms with Gasteiger partial charge in [0.1, 0.15) is 5.75 Å². The van der Waals surface area contributed by atoms with Crippen molar-refractivity contribution in [3.8, 4) is 5.75 Å². The Bertz CT molecular complexity index is 454. The highest BCUT2D eigenvalue weighted by atomic mass is 16.5. The predicted molar refractivity (Wildman–Crippen MR) is 75.9 cm³/mol. The summed E-state index contributed by atoms with van der Waals surface area (Å²) in [6.45, 7) is 4.27. The summed E-state index contributed by atoms with van der Waals surface area (Å²) >= 11 is 0. The Balaban J connectivity index is 2.73. The van der Waals surface area contributed by atoms with Gasteiger partial charge in [0.25, 0.3) is 0 Å². The largest absolute Gasteiger partial charge is 0.496 e. The lowest BCUT2D eigenvalue weighted by molar-refractivity contribution is -0.116. The van der Waals surface area contributed by atoms with Gasteiger partial charge < -0.3 is 15.2 Å². The molecule has 0 aliphatic heterocycles. The average molecular weight is 263 g/mol. The van der Waals surface area contributed by atoms with E-state index in [0.29, 0.717) is 6.54 Å². The number of amides is 1. The summed E-state index contributed by atoms with van der Waals surface area (Å²) in [4.78, 5) is 11.7. The zero-order chi connectivity index (χ0) is 14.3. The van der Waals surface area contributed by atoms with Crippen LogP contribution in [0.15, 0.2) is 30.3 Å². The molecule has 1 unspecified atom stereocenters. The first-order valence-corrected chi connectivity index (χ1v) is 6.28. The van der Waals surface area contributed by atoms with Gasteiger partial charge in [-0.3, -0.25) is 4.79 Å². The molecule has 0 aliphatic rings. The molecule has 1 amide bonds. The van der Waals surface area contributed by atoms with Crippen LogP contribution in [0, 0.1) is 5.92 Å². The Labute approximate surface area is 114 Å². The van der Waals surface area contributed by atoms with E-state index in [4.69, 9.17) is 9.84 Å². The molecule has 1 aromatic rings. The van der Waals surface area contributed by atoms with Crippen LogP contribution in [0.25, 0.3) is 5.57 Å². The molecule has 104 valence electrons. The van der Waals surface area contributed by atoms with Crippen LogP contribution in [0.1, 0.15) is 19.4 Å². The summed E-state index contributed by atoms with van der Waals surface area (Å²) in [6.07, 6.45) is 1.54. The minimum atomic E-state index is -0.163. The van der Waals surface area contributed by atoms with Gasteiger partial charge in [0.2, 0.25) is 5.91 Å². The van der Waals surface area contributed by atoms with Gasteiger partial charge in [0.05, 0.1) is 7.11 Å². The lowest BCUT2D eigenvalue weighted by Gasteiger charge is -2.10. The first-order chi connectivity index (χ1) is 9.08. The van der Waals surface area contributed by atoms with E-state index in [-0.39, 0.29) is 18.4 Å². The Morgan fingerprint density at radius 2 is 2.16 bits per heavy atom. The number of para-hydroxylation sites is 1. The fraction of sp³-hybridized carbons (Fsp3) is 0.400. The molecule has 0 radical (unpaired) electrons. The third-order valence-electron chi connectivity index (χ3n) is 2.82. The van der Waals surface area contributed by atoms with Gasteiger partial charge >= 0.3 is 0 Å². The Kier molecular flexibility index (Phi) is 6.09. The number of hydrogen-bond acceptors (Lipinski definition) is 3. The third-order valence-corrected chi connectivity index (χ3v) is 2.82. The molecule has 0 aliphatic carbocycles. The topological polar surface area (TPSA) is 58.6 Å². The molecule has 1 rings (SSSR count). The number of aliphatic hydroxyl groups excluding tert-OH is 1. The van der Waals surface area contributed by atoms with E-state index >= 15 is 0 Å². The van der Waals surface area contributed by atoms with E-state index in [1.807, 2.05) is 38.1 Å². The molecule has 19 heavy (non-hydrogen) atoms. The summed E-state index contributed by atoms with van der Waals surface area (Å²) in [5.41, 5.74) is 1.74. The number of aliphatic hydroxyl groups is 1. The Hall–Kier alpha value is -1.81. The second-order valence-corrected chi connectivity index (χ2v) is 4.56. The van der Waals surface area contributed by atoms with Crippen LogP contribution in [-0.2, 0) is 4.79 Å². The molecular weight excluding hydrogens is 242 g/mol. The number of nitrogens with one attached hydrogen (secondary N) is 1. The zero-order valence-corrected chi connectivity index (χ0v) is 11.6. The van der Waals surface area contributed by atoms with E-state index in [1.165, 1.54) is 0 Å². The maximum atomic E-state index is 11.7. The quantitative estimate of drug-likeness (QED) is 0.770. The average Bonchev–Trinajstić information content (AvgIpc) is 2.44. The standard InChI is InChI=1S/C15H21NO3/c1-11(10-17)9-16-15(18)8-12(2)13-6-4-5-7-14(13)19-3/h4-8,11,17H,9-10H2,1-3H3,(H,16,18)/b12-8+. The van der Waals surface area contributed by atoms with Gasteiger partial charge in [-0.1, -0.05) is 25.1 Å². The number of allylic oxidation sites excluding steroid dienone is 1. The summed E-state index contributed by atoms with van der Waals surface area (Å²) < 4.78 is 5.26. The fourth-order valence-corrected chi connectivity index (χ4v) is 1.64. The van der Waals surface area contributed by atoms with Crippen molar-refractivity contribution in [3.05, 3.63) is 35.9 Å². The number of rotatable bonds is 6. The van der Waals surface area contributed by atoms with Crippen molar-refractivity contribution in [1.82, 2.24) is 5.32 Å². The van der Waals surface area contributed by atoms with E-state index in [0.717, 1.165) is 16.9 Å². The van der Waals surface area contributed by atoms with Gasteiger partial charge in [0.15, 0.2) is 0 Å². The van der Waals surface area contributed by atoms with Crippen LogP contribution in [0.5, 0.6) is 5.75 Å². The molecule has 0 aromatic heterocycles. The van der Waals surface area contributed by atoms with E-state index in [1.54, 1.807) is 13.2 Å². The molecule has 0 heterocycles. The minimum Gasteiger partial charge on any atom is -0.496 e. The number of ether oxygens (including phenoxy) is 1. The van der Waals surface area contributed by atoms with Crippen LogP contribution < -0.4 is 10.1 Å².